The molecule has 0 saturated heterocycles. The van der Waals surface area contributed by atoms with Gasteiger partial charge in [-0.1, -0.05) is 33.6 Å². The van der Waals surface area contributed by atoms with Crippen molar-refractivity contribution in [1.82, 2.24) is 0 Å². The quantitative estimate of drug-likeness (QED) is 0.564. The standard InChI is InChI=1S/C12H25O5P/c1-5-8-9-12(7-3)17-18(14,15-10-6-2)16-11(4)13/h12H,5-10H2,1-4H3. The number of phosphoric ester groups is 1. The van der Waals surface area contributed by atoms with Gasteiger partial charge in [-0.25, -0.2) is 4.57 Å². The summed E-state index contributed by atoms with van der Waals surface area (Å²) in [5, 5.41) is 0. The number of carbonyl (C=O) groups excluding carboxylic acids is 1. The lowest BCUT2D eigenvalue weighted by Gasteiger charge is -2.22. The number of hydrogen-bond acceptors (Lipinski definition) is 5. The average Bonchev–Trinajstić information content (AvgIpc) is 2.31. The number of carbonyl (C=O) groups is 1. The summed E-state index contributed by atoms with van der Waals surface area (Å²) < 4.78 is 27.4. The van der Waals surface area contributed by atoms with Crippen LogP contribution in [0, 0.1) is 0 Å². The lowest BCUT2D eigenvalue weighted by atomic mass is 10.1. The van der Waals surface area contributed by atoms with Gasteiger partial charge in [0.25, 0.3) is 0 Å². The highest BCUT2D eigenvalue weighted by atomic mass is 31.2. The lowest BCUT2D eigenvalue weighted by molar-refractivity contribution is -0.134. The first kappa shape index (κ1) is 17.6. The third-order valence-electron chi connectivity index (χ3n) is 2.31. The molecule has 0 aliphatic rings. The predicted octanol–water partition coefficient (Wildman–Crippen LogP) is 4.07. The molecule has 108 valence electrons. The van der Waals surface area contributed by atoms with Crippen LogP contribution in [0.4, 0.5) is 0 Å². The van der Waals surface area contributed by atoms with Crippen molar-refractivity contribution in [2.24, 2.45) is 0 Å². The van der Waals surface area contributed by atoms with Gasteiger partial charge in [-0.2, -0.15) is 0 Å². The van der Waals surface area contributed by atoms with Crippen LogP contribution in [-0.4, -0.2) is 18.7 Å². The molecule has 2 unspecified atom stereocenters. The van der Waals surface area contributed by atoms with Gasteiger partial charge in [-0.3, -0.25) is 13.8 Å². The maximum atomic E-state index is 12.2. The van der Waals surface area contributed by atoms with Gasteiger partial charge >= 0.3 is 13.8 Å². The minimum Gasteiger partial charge on any atom is -0.371 e. The molecule has 5 nitrogen and oxygen atoms in total. The van der Waals surface area contributed by atoms with Gasteiger partial charge in [0.1, 0.15) is 0 Å². The molecule has 0 aromatic heterocycles. The van der Waals surface area contributed by atoms with Crippen LogP contribution in [0.1, 0.15) is 59.8 Å². The number of phosphoric acid groups is 1. The fourth-order valence-corrected chi connectivity index (χ4v) is 2.88. The Morgan fingerprint density at radius 1 is 1.22 bits per heavy atom. The third-order valence-corrected chi connectivity index (χ3v) is 3.84. The van der Waals surface area contributed by atoms with Crippen LogP contribution in [0.5, 0.6) is 0 Å². The van der Waals surface area contributed by atoms with Gasteiger partial charge < -0.3 is 4.52 Å². The molecule has 0 radical (unpaired) electrons. The highest BCUT2D eigenvalue weighted by molar-refractivity contribution is 7.49. The number of rotatable bonds is 10. The lowest BCUT2D eigenvalue weighted by Crippen LogP contribution is -2.14. The topological polar surface area (TPSA) is 61.8 Å². The fraction of sp³-hybridized carbons (Fsp3) is 0.917. The van der Waals surface area contributed by atoms with E-state index in [1.165, 1.54) is 6.92 Å². The van der Waals surface area contributed by atoms with Gasteiger partial charge in [-0.05, 0) is 19.3 Å². The largest absolute Gasteiger partial charge is 0.532 e. The van der Waals surface area contributed by atoms with E-state index in [-0.39, 0.29) is 12.7 Å². The molecular weight excluding hydrogens is 255 g/mol. The van der Waals surface area contributed by atoms with Gasteiger partial charge in [0.2, 0.25) is 0 Å². The summed E-state index contributed by atoms with van der Waals surface area (Å²) in [6.07, 6.45) is 3.99. The molecule has 0 aromatic carbocycles. The molecule has 0 aliphatic carbocycles. The zero-order valence-corrected chi connectivity index (χ0v) is 12.7. The van der Waals surface area contributed by atoms with Crippen LogP contribution in [0.15, 0.2) is 0 Å². The van der Waals surface area contributed by atoms with Crippen molar-refractivity contribution >= 4 is 13.8 Å². The molecule has 0 rings (SSSR count). The molecule has 2 atom stereocenters. The molecule has 0 heterocycles. The molecule has 0 aromatic rings. The summed E-state index contributed by atoms with van der Waals surface area (Å²) in [7, 11) is -3.75. The Labute approximate surface area is 110 Å². The van der Waals surface area contributed by atoms with Crippen LogP contribution in [0.3, 0.4) is 0 Å². The number of hydrogen-bond donors (Lipinski definition) is 0. The van der Waals surface area contributed by atoms with E-state index in [0.717, 1.165) is 19.3 Å². The fourth-order valence-electron chi connectivity index (χ4n) is 1.38. The normalized spacial score (nSPS) is 16.0. The Morgan fingerprint density at radius 2 is 1.89 bits per heavy atom. The van der Waals surface area contributed by atoms with Crippen molar-refractivity contribution in [2.75, 3.05) is 6.61 Å². The van der Waals surface area contributed by atoms with E-state index in [1.54, 1.807) is 0 Å². The highest BCUT2D eigenvalue weighted by Crippen LogP contribution is 2.51. The Kier molecular flexibility index (Phi) is 9.34. The van der Waals surface area contributed by atoms with E-state index in [9.17, 15) is 9.36 Å². The first-order valence-corrected chi connectivity index (χ1v) is 8.06. The van der Waals surface area contributed by atoms with Crippen molar-refractivity contribution < 1.29 is 22.9 Å². The molecule has 6 heteroatoms. The molecule has 0 spiro atoms. The predicted molar refractivity (Wildman–Crippen MR) is 70.3 cm³/mol. The van der Waals surface area contributed by atoms with Gasteiger partial charge in [-0.15, -0.1) is 0 Å². The second-order valence-corrected chi connectivity index (χ2v) is 5.69. The van der Waals surface area contributed by atoms with Crippen LogP contribution >= 0.6 is 7.82 Å². The zero-order valence-electron chi connectivity index (χ0n) is 11.8. The van der Waals surface area contributed by atoms with Crippen LogP contribution in [0.2, 0.25) is 0 Å². The van der Waals surface area contributed by atoms with E-state index in [2.05, 4.69) is 6.92 Å². The van der Waals surface area contributed by atoms with E-state index in [4.69, 9.17) is 13.6 Å². The van der Waals surface area contributed by atoms with Crippen LogP contribution in [0.25, 0.3) is 0 Å². The van der Waals surface area contributed by atoms with Crippen molar-refractivity contribution in [1.29, 1.82) is 0 Å². The Hall–Kier alpha value is -0.380. The molecule has 0 aliphatic heterocycles. The van der Waals surface area contributed by atoms with Gasteiger partial charge in [0.05, 0.1) is 12.7 Å². The smallest absolute Gasteiger partial charge is 0.371 e. The summed E-state index contributed by atoms with van der Waals surface area (Å²) in [6, 6.07) is 0. The first-order chi connectivity index (χ1) is 8.47. The monoisotopic (exact) mass is 280 g/mol. The highest BCUT2D eigenvalue weighted by Gasteiger charge is 2.32. The van der Waals surface area contributed by atoms with Crippen molar-refractivity contribution in [3.8, 4) is 0 Å². The minimum absolute atomic E-state index is 0.202. The summed E-state index contributed by atoms with van der Waals surface area (Å²) in [4.78, 5) is 11.0. The van der Waals surface area contributed by atoms with Crippen LogP contribution < -0.4 is 0 Å². The van der Waals surface area contributed by atoms with Crippen LogP contribution in [-0.2, 0) is 22.9 Å². The van der Waals surface area contributed by atoms with Crippen molar-refractivity contribution in [3.63, 3.8) is 0 Å². The maximum Gasteiger partial charge on any atom is 0.532 e. The third kappa shape index (κ3) is 7.85. The Bertz CT molecular complexity index is 280. The summed E-state index contributed by atoms with van der Waals surface area (Å²) in [6.45, 7) is 7.34. The molecule has 18 heavy (non-hydrogen) atoms. The minimum atomic E-state index is -3.75. The molecule has 0 amide bonds. The molecule has 0 saturated carbocycles. The molecule has 0 bridgehead atoms. The first-order valence-electron chi connectivity index (χ1n) is 6.60. The van der Waals surface area contributed by atoms with E-state index in [0.29, 0.717) is 12.8 Å². The van der Waals surface area contributed by atoms with Crippen molar-refractivity contribution in [2.45, 2.75) is 65.9 Å². The summed E-state index contributed by atoms with van der Waals surface area (Å²) in [5.41, 5.74) is 0. The van der Waals surface area contributed by atoms with Gasteiger partial charge in [0, 0.05) is 6.92 Å². The molecular formula is C12H25O5P. The average molecular weight is 280 g/mol. The van der Waals surface area contributed by atoms with Gasteiger partial charge in [0.15, 0.2) is 0 Å². The summed E-state index contributed by atoms with van der Waals surface area (Å²) >= 11 is 0. The Balaban J connectivity index is 4.53. The maximum absolute atomic E-state index is 12.2. The van der Waals surface area contributed by atoms with Crippen molar-refractivity contribution in [3.05, 3.63) is 0 Å². The second kappa shape index (κ2) is 9.54. The SMILES string of the molecule is CCCCC(CC)OP(=O)(OCCC)OC(C)=O. The van der Waals surface area contributed by atoms with E-state index < -0.39 is 13.8 Å². The van der Waals surface area contributed by atoms with E-state index >= 15 is 0 Å². The Morgan fingerprint density at radius 3 is 2.33 bits per heavy atom. The zero-order chi connectivity index (χ0) is 14.0. The second-order valence-electron chi connectivity index (χ2n) is 4.14. The molecule has 0 fully saturated rings. The van der Waals surface area contributed by atoms with E-state index in [1.807, 2.05) is 13.8 Å². The summed E-state index contributed by atoms with van der Waals surface area (Å²) in [5.74, 6) is -0.653. The number of unbranched alkanes of at least 4 members (excludes halogenated alkanes) is 1. The molecule has 0 N–H and O–H groups in total.